The smallest absolute Gasteiger partial charge is 0.188 e. The molecule has 0 atom stereocenters. The largest absolute Gasteiger partial charge is 0.370 e. The Morgan fingerprint density at radius 3 is 2.42 bits per heavy atom. The minimum absolute atomic E-state index is 0.180. The van der Waals surface area contributed by atoms with E-state index >= 15 is 0 Å². The molecule has 1 aliphatic heterocycles. The molecule has 98 valence electrons. The zero-order chi connectivity index (χ0) is 13.2. The van der Waals surface area contributed by atoms with E-state index in [0.29, 0.717) is 0 Å². The maximum Gasteiger partial charge on any atom is 0.188 e. The zero-order valence-corrected chi connectivity index (χ0v) is 12.1. The van der Waals surface area contributed by atoms with Crippen LogP contribution in [0, 0.1) is 0 Å². The molecule has 1 saturated heterocycles. The molecule has 2 N–H and O–H groups in total. The summed E-state index contributed by atoms with van der Waals surface area (Å²) >= 11 is 3.41. The molecule has 2 fully saturated rings. The van der Waals surface area contributed by atoms with E-state index in [2.05, 4.69) is 26.6 Å². The lowest BCUT2D eigenvalue weighted by atomic mass is 10.1. The van der Waals surface area contributed by atoms with Crippen LogP contribution >= 0.6 is 15.9 Å². The van der Waals surface area contributed by atoms with Gasteiger partial charge in [0.25, 0.3) is 0 Å². The number of carbonyl (C=O) groups excluding carboxylic acids is 1. The molecule has 0 spiro atoms. The highest BCUT2D eigenvalue weighted by atomic mass is 79.9. The maximum atomic E-state index is 12.3. The summed E-state index contributed by atoms with van der Waals surface area (Å²) in [6.45, 7) is 1.80. The number of carbonyl (C=O) groups is 1. The highest BCUT2D eigenvalue weighted by Gasteiger charge is 2.27. The van der Waals surface area contributed by atoms with Gasteiger partial charge in [-0.25, -0.2) is 0 Å². The molecule has 2 aliphatic rings. The number of allylic oxidation sites excluding steroid dienone is 2. The topological polar surface area (TPSA) is 41.1 Å². The van der Waals surface area contributed by atoms with Gasteiger partial charge in [-0.2, -0.15) is 0 Å². The molecule has 0 unspecified atom stereocenters. The van der Waals surface area contributed by atoms with Gasteiger partial charge in [-0.15, -0.1) is 0 Å². The van der Waals surface area contributed by atoms with Crippen molar-refractivity contribution in [1.82, 2.24) is 10.6 Å². The fourth-order valence-corrected chi connectivity index (χ4v) is 2.73. The number of halogens is 1. The van der Waals surface area contributed by atoms with Crippen molar-refractivity contribution in [3.8, 4) is 0 Å². The van der Waals surface area contributed by atoms with Crippen molar-refractivity contribution >= 4 is 27.8 Å². The normalized spacial score (nSPS) is 20.9. The summed E-state index contributed by atoms with van der Waals surface area (Å²) in [6, 6.07) is 8.01. The predicted molar refractivity (Wildman–Crippen MR) is 79.4 cm³/mol. The van der Waals surface area contributed by atoms with Gasteiger partial charge in [-0.1, -0.05) is 28.1 Å². The molecule has 1 heterocycles. The quantitative estimate of drug-likeness (QED) is 0.782. The fraction of sp³-hybridized carbons (Fsp3) is 0.267. The Labute approximate surface area is 120 Å². The van der Waals surface area contributed by atoms with Crippen LogP contribution in [-0.2, 0) is 4.79 Å². The average molecular weight is 319 g/mol. The van der Waals surface area contributed by atoms with Crippen LogP contribution in [-0.4, -0.2) is 18.9 Å². The van der Waals surface area contributed by atoms with Crippen molar-refractivity contribution in [2.24, 2.45) is 0 Å². The standard InChI is InChI=1S/C15H15BrN2O/c16-12-4-1-10(2-5-12)9-11-3-6-13(14(11)19)15-17-7-8-18-15/h1-2,4-5,9,17-18H,3,6-8H2/b11-9+. The Bertz CT molecular complexity index is 564. The summed E-state index contributed by atoms with van der Waals surface area (Å²) in [7, 11) is 0. The van der Waals surface area contributed by atoms with E-state index in [1.807, 2.05) is 30.3 Å². The van der Waals surface area contributed by atoms with Crippen LogP contribution in [0.2, 0.25) is 0 Å². The Balaban J connectivity index is 1.85. The first-order valence-electron chi connectivity index (χ1n) is 6.46. The van der Waals surface area contributed by atoms with Crippen molar-refractivity contribution < 1.29 is 4.79 Å². The van der Waals surface area contributed by atoms with Gasteiger partial charge in [0.2, 0.25) is 0 Å². The molecule has 1 aliphatic carbocycles. The Morgan fingerprint density at radius 1 is 1.05 bits per heavy atom. The SMILES string of the molecule is O=C1C(=C2NCCN2)CC/C1=C\c1ccc(Br)cc1. The molecule has 1 aromatic rings. The second-order valence-electron chi connectivity index (χ2n) is 4.76. The van der Waals surface area contributed by atoms with Gasteiger partial charge in [0.15, 0.2) is 5.78 Å². The van der Waals surface area contributed by atoms with E-state index in [0.717, 1.165) is 52.9 Å². The van der Waals surface area contributed by atoms with E-state index in [4.69, 9.17) is 0 Å². The summed E-state index contributed by atoms with van der Waals surface area (Å²) in [5.74, 6) is 1.11. The Kier molecular flexibility index (Phi) is 3.42. The first-order chi connectivity index (χ1) is 9.24. The van der Waals surface area contributed by atoms with Crippen LogP contribution in [0.15, 0.2) is 45.7 Å². The average Bonchev–Trinajstić information content (AvgIpc) is 3.03. The second-order valence-corrected chi connectivity index (χ2v) is 5.67. The molecule has 4 heteroatoms. The molecular weight excluding hydrogens is 304 g/mol. The molecular formula is C15H15BrN2O. The summed E-state index contributed by atoms with van der Waals surface area (Å²) in [4.78, 5) is 12.3. The molecule has 1 aromatic carbocycles. The molecule has 0 bridgehead atoms. The lowest BCUT2D eigenvalue weighted by molar-refractivity contribution is -0.111. The highest BCUT2D eigenvalue weighted by Crippen LogP contribution is 2.29. The van der Waals surface area contributed by atoms with E-state index in [-0.39, 0.29) is 5.78 Å². The van der Waals surface area contributed by atoms with Gasteiger partial charge >= 0.3 is 0 Å². The summed E-state index contributed by atoms with van der Waals surface area (Å²) in [5, 5.41) is 6.47. The van der Waals surface area contributed by atoms with E-state index in [1.54, 1.807) is 0 Å². The van der Waals surface area contributed by atoms with Crippen molar-refractivity contribution in [3.05, 3.63) is 51.3 Å². The number of hydrogen-bond donors (Lipinski definition) is 2. The van der Waals surface area contributed by atoms with Crippen molar-refractivity contribution in [3.63, 3.8) is 0 Å². The lowest BCUT2D eigenvalue weighted by Crippen LogP contribution is -2.15. The number of benzene rings is 1. The van der Waals surface area contributed by atoms with Gasteiger partial charge in [0.05, 0.1) is 0 Å². The minimum Gasteiger partial charge on any atom is -0.370 e. The van der Waals surface area contributed by atoms with Gasteiger partial charge in [0.1, 0.15) is 5.82 Å². The second kappa shape index (κ2) is 5.21. The minimum atomic E-state index is 0.180. The van der Waals surface area contributed by atoms with Crippen LogP contribution in [0.1, 0.15) is 18.4 Å². The van der Waals surface area contributed by atoms with Gasteiger partial charge in [-0.05, 0) is 36.6 Å². The zero-order valence-electron chi connectivity index (χ0n) is 10.5. The molecule has 1 saturated carbocycles. The van der Waals surface area contributed by atoms with Gasteiger partial charge in [0, 0.05) is 28.7 Å². The van der Waals surface area contributed by atoms with Crippen LogP contribution in [0.25, 0.3) is 6.08 Å². The molecule has 0 aromatic heterocycles. The first kappa shape index (κ1) is 12.5. The third-order valence-corrected chi connectivity index (χ3v) is 3.98. The summed E-state index contributed by atoms with van der Waals surface area (Å²) in [6.07, 6.45) is 3.66. The molecule has 0 radical (unpaired) electrons. The summed E-state index contributed by atoms with van der Waals surface area (Å²) in [5.41, 5.74) is 2.88. The number of nitrogens with one attached hydrogen (secondary N) is 2. The monoisotopic (exact) mass is 318 g/mol. The van der Waals surface area contributed by atoms with Crippen molar-refractivity contribution in [1.29, 1.82) is 0 Å². The number of hydrogen-bond acceptors (Lipinski definition) is 3. The molecule has 19 heavy (non-hydrogen) atoms. The summed E-state index contributed by atoms with van der Waals surface area (Å²) < 4.78 is 1.05. The van der Waals surface area contributed by atoms with E-state index < -0.39 is 0 Å². The van der Waals surface area contributed by atoms with Gasteiger partial charge in [-0.3, -0.25) is 4.79 Å². The number of rotatable bonds is 1. The fourth-order valence-electron chi connectivity index (χ4n) is 2.47. The van der Waals surface area contributed by atoms with E-state index in [1.165, 1.54) is 0 Å². The Morgan fingerprint density at radius 2 is 1.74 bits per heavy atom. The number of ketones is 1. The maximum absolute atomic E-state index is 12.3. The van der Waals surface area contributed by atoms with Crippen LogP contribution in [0.4, 0.5) is 0 Å². The van der Waals surface area contributed by atoms with Crippen LogP contribution in [0.5, 0.6) is 0 Å². The van der Waals surface area contributed by atoms with Crippen LogP contribution < -0.4 is 10.6 Å². The van der Waals surface area contributed by atoms with Crippen LogP contribution in [0.3, 0.4) is 0 Å². The Hall–Kier alpha value is -1.55. The lowest BCUT2D eigenvalue weighted by Gasteiger charge is -2.03. The third kappa shape index (κ3) is 2.59. The molecule has 0 amide bonds. The highest BCUT2D eigenvalue weighted by molar-refractivity contribution is 9.10. The molecule has 3 rings (SSSR count). The van der Waals surface area contributed by atoms with E-state index in [9.17, 15) is 4.79 Å². The first-order valence-corrected chi connectivity index (χ1v) is 7.25. The van der Waals surface area contributed by atoms with Crippen molar-refractivity contribution in [2.45, 2.75) is 12.8 Å². The van der Waals surface area contributed by atoms with Crippen molar-refractivity contribution in [2.75, 3.05) is 13.1 Å². The third-order valence-electron chi connectivity index (χ3n) is 3.45. The predicted octanol–water partition coefficient (Wildman–Crippen LogP) is 2.60. The number of Topliss-reactive ketones (excluding diaryl/α,β-unsaturated/α-hetero) is 1. The van der Waals surface area contributed by atoms with Gasteiger partial charge < -0.3 is 10.6 Å². The molecule has 3 nitrogen and oxygen atoms in total.